The van der Waals surface area contributed by atoms with Crippen LogP contribution in [0.15, 0.2) is 28.7 Å². The molecule has 2 fully saturated rings. The number of benzene rings is 1. The van der Waals surface area contributed by atoms with Crippen LogP contribution in [0.5, 0.6) is 0 Å². The van der Waals surface area contributed by atoms with Crippen molar-refractivity contribution in [1.82, 2.24) is 4.90 Å². The van der Waals surface area contributed by atoms with Gasteiger partial charge in [-0.15, -0.1) is 0 Å². The van der Waals surface area contributed by atoms with Crippen LogP contribution in [0.3, 0.4) is 0 Å². The predicted octanol–water partition coefficient (Wildman–Crippen LogP) is 1.11. The molecular formula is C16H17BrN2O5. The molecule has 0 radical (unpaired) electrons. The largest absolute Gasteiger partial charge is 0.480 e. The van der Waals surface area contributed by atoms with Gasteiger partial charge < -0.3 is 19.6 Å². The third-order valence-corrected chi connectivity index (χ3v) is 4.98. The van der Waals surface area contributed by atoms with Gasteiger partial charge in [0.05, 0.1) is 24.8 Å². The fraction of sp³-hybridized carbons (Fsp3) is 0.438. The number of carbonyl (C=O) groups is 3. The number of carbonyl (C=O) groups excluding carboxylic acids is 2. The summed E-state index contributed by atoms with van der Waals surface area (Å²) < 4.78 is 5.93. The topological polar surface area (TPSA) is 87.1 Å². The normalized spacial score (nSPS) is 24.3. The maximum Gasteiger partial charge on any atom is 0.328 e. The molecule has 0 unspecified atom stereocenters. The number of hydrogen-bond acceptors (Lipinski definition) is 4. The first-order valence-corrected chi connectivity index (χ1v) is 8.44. The van der Waals surface area contributed by atoms with Crippen molar-refractivity contribution in [3.05, 3.63) is 28.7 Å². The summed E-state index contributed by atoms with van der Waals surface area (Å²) in [5.41, 5.74) is 0.717. The third kappa shape index (κ3) is 3.16. The molecule has 24 heavy (non-hydrogen) atoms. The Labute approximate surface area is 147 Å². The molecule has 2 amide bonds. The van der Waals surface area contributed by atoms with Gasteiger partial charge in [0.1, 0.15) is 0 Å². The van der Waals surface area contributed by atoms with E-state index in [1.54, 1.807) is 4.90 Å². The van der Waals surface area contributed by atoms with Gasteiger partial charge in [-0.05, 0) is 28.1 Å². The van der Waals surface area contributed by atoms with Gasteiger partial charge in [0.2, 0.25) is 11.8 Å². The number of carboxylic acid groups (broad SMARTS) is 1. The zero-order valence-corrected chi connectivity index (χ0v) is 14.4. The predicted molar refractivity (Wildman–Crippen MR) is 88.6 cm³/mol. The summed E-state index contributed by atoms with van der Waals surface area (Å²) in [4.78, 5) is 39.3. The number of nitrogens with zero attached hydrogens (tertiary/aromatic N) is 2. The van der Waals surface area contributed by atoms with E-state index in [4.69, 9.17) is 4.74 Å². The lowest BCUT2D eigenvalue weighted by Gasteiger charge is -2.34. The summed E-state index contributed by atoms with van der Waals surface area (Å²) in [6, 6.07) is 6.33. The Hall–Kier alpha value is -1.93. The molecule has 8 heteroatoms. The SMILES string of the molecule is O=C(O)[C@H]1COCCN1C(=O)[C@H]1CC(=O)N(c2ccccc2Br)C1. The lowest BCUT2D eigenvalue weighted by Crippen LogP contribution is -2.54. The Morgan fingerprint density at radius 3 is 2.75 bits per heavy atom. The van der Waals surface area contributed by atoms with Crippen LogP contribution in [0, 0.1) is 5.92 Å². The molecule has 0 aliphatic carbocycles. The number of carboxylic acids is 1. The van der Waals surface area contributed by atoms with Gasteiger partial charge in [-0.25, -0.2) is 4.79 Å². The Kier molecular flexibility index (Phi) is 4.86. The number of amides is 2. The highest BCUT2D eigenvalue weighted by molar-refractivity contribution is 9.10. The molecule has 2 heterocycles. The molecule has 1 aromatic rings. The molecule has 0 saturated carbocycles. The third-order valence-electron chi connectivity index (χ3n) is 4.31. The number of hydrogen-bond donors (Lipinski definition) is 1. The fourth-order valence-electron chi connectivity index (χ4n) is 3.08. The summed E-state index contributed by atoms with van der Waals surface area (Å²) >= 11 is 3.41. The molecule has 7 nitrogen and oxygen atoms in total. The summed E-state index contributed by atoms with van der Waals surface area (Å²) in [7, 11) is 0. The Balaban J connectivity index is 1.76. The minimum atomic E-state index is -1.09. The van der Waals surface area contributed by atoms with Crippen molar-refractivity contribution in [2.24, 2.45) is 5.92 Å². The van der Waals surface area contributed by atoms with E-state index in [-0.39, 0.29) is 37.9 Å². The number of halogens is 1. The van der Waals surface area contributed by atoms with Gasteiger partial charge in [-0.1, -0.05) is 12.1 Å². The van der Waals surface area contributed by atoms with E-state index in [0.29, 0.717) is 6.61 Å². The highest BCUT2D eigenvalue weighted by Crippen LogP contribution is 2.32. The minimum absolute atomic E-state index is 0.0182. The molecule has 1 aromatic carbocycles. The van der Waals surface area contributed by atoms with Gasteiger partial charge in [0.15, 0.2) is 6.04 Å². The monoisotopic (exact) mass is 396 g/mol. The molecule has 128 valence electrons. The van der Waals surface area contributed by atoms with E-state index in [9.17, 15) is 19.5 Å². The van der Waals surface area contributed by atoms with Crippen molar-refractivity contribution in [1.29, 1.82) is 0 Å². The van der Waals surface area contributed by atoms with E-state index < -0.39 is 17.9 Å². The van der Waals surface area contributed by atoms with Crippen molar-refractivity contribution in [2.75, 3.05) is 31.2 Å². The van der Waals surface area contributed by atoms with E-state index >= 15 is 0 Å². The molecule has 2 saturated heterocycles. The zero-order valence-electron chi connectivity index (χ0n) is 12.9. The van der Waals surface area contributed by atoms with Crippen LogP contribution in [-0.2, 0) is 19.1 Å². The second kappa shape index (κ2) is 6.90. The van der Waals surface area contributed by atoms with Crippen LogP contribution in [-0.4, -0.2) is 60.1 Å². The number of rotatable bonds is 3. The molecule has 3 rings (SSSR count). The van der Waals surface area contributed by atoms with E-state index in [0.717, 1.165) is 10.2 Å². The van der Waals surface area contributed by atoms with E-state index in [1.807, 2.05) is 24.3 Å². The summed E-state index contributed by atoms with van der Waals surface area (Å²) in [6.45, 7) is 0.777. The molecule has 1 N–H and O–H groups in total. The lowest BCUT2D eigenvalue weighted by atomic mass is 10.1. The van der Waals surface area contributed by atoms with E-state index in [2.05, 4.69) is 15.9 Å². The summed E-state index contributed by atoms with van der Waals surface area (Å²) in [6.07, 6.45) is 0.0872. The van der Waals surface area contributed by atoms with E-state index in [1.165, 1.54) is 4.90 Å². The molecule has 2 atom stereocenters. The standard InChI is InChI=1S/C16H17BrN2O5/c17-11-3-1-2-4-12(11)19-8-10(7-14(19)20)15(21)18-5-6-24-9-13(18)16(22)23/h1-4,10,13H,5-9H2,(H,22,23)/t10-,13+/m0/s1. The molecule has 0 aromatic heterocycles. The Morgan fingerprint density at radius 2 is 2.04 bits per heavy atom. The van der Waals surface area contributed by atoms with Crippen molar-refractivity contribution in [3.8, 4) is 0 Å². The quantitative estimate of drug-likeness (QED) is 0.826. The first-order valence-electron chi connectivity index (χ1n) is 7.65. The second-order valence-electron chi connectivity index (χ2n) is 5.82. The van der Waals surface area contributed by atoms with Crippen LogP contribution in [0.2, 0.25) is 0 Å². The molecule has 2 aliphatic heterocycles. The van der Waals surface area contributed by atoms with Crippen molar-refractivity contribution in [2.45, 2.75) is 12.5 Å². The van der Waals surface area contributed by atoms with Crippen LogP contribution in [0.1, 0.15) is 6.42 Å². The number of para-hydroxylation sites is 1. The molecule has 0 bridgehead atoms. The van der Waals surface area contributed by atoms with Gasteiger partial charge in [0, 0.05) is 24.0 Å². The lowest BCUT2D eigenvalue weighted by molar-refractivity contribution is -0.160. The fourth-order valence-corrected chi connectivity index (χ4v) is 3.58. The zero-order chi connectivity index (χ0) is 17.3. The first kappa shape index (κ1) is 16.9. The van der Waals surface area contributed by atoms with Gasteiger partial charge >= 0.3 is 5.97 Å². The van der Waals surface area contributed by atoms with Crippen LogP contribution >= 0.6 is 15.9 Å². The second-order valence-corrected chi connectivity index (χ2v) is 6.67. The highest BCUT2D eigenvalue weighted by Gasteiger charge is 2.41. The van der Waals surface area contributed by atoms with Crippen molar-refractivity contribution in [3.63, 3.8) is 0 Å². The van der Waals surface area contributed by atoms with Gasteiger partial charge in [-0.2, -0.15) is 0 Å². The number of ether oxygens (including phenoxy) is 1. The highest BCUT2D eigenvalue weighted by atomic mass is 79.9. The molecule has 0 spiro atoms. The number of aliphatic carboxylic acids is 1. The van der Waals surface area contributed by atoms with Gasteiger partial charge in [-0.3, -0.25) is 9.59 Å². The average Bonchev–Trinajstić information content (AvgIpc) is 2.96. The van der Waals surface area contributed by atoms with Gasteiger partial charge in [0.25, 0.3) is 0 Å². The summed E-state index contributed by atoms with van der Waals surface area (Å²) in [5.74, 6) is -2.06. The number of morpholine rings is 1. The molecule has 2 aliphatic rings. The van der Waals surface area contributed by atoms with Crippen molar-refractivity contribution >= 4 is 39.4 Å². The summed E-state index contributed by atoms with van der Waals surface area (Å²) in [5, 5.41) is 9.26. The van der Waals surface area contributed by atoms with Crippen LogP contribution in [0.4, 0.5) is 5.69 Å². The Morgan fingerprint density at radius 1 is 1.29 bits per heavy atom. The average molecular weight is 397 g/mol. The maximum absolute atomic E-state index is 12.7. The first-order chi connectivity index (χ1) is 11.5. The number of anilines is 1. The van der Waals surface area contributed by atoms with Crippen molar-refractivity contribution < 1.29 is 24.2 Å². The van der Waals surface area contributed by atoms with Crippen LogP contribution in [0.25, 0.3) is 0 Å². The Bertz CT molecular complexity index is 680. The minimum Gasteiger partial charge on any atom is -0.480 e. The van der Waals surface area contributed by atoms with Crippen LogP contribution < -0.4 is 4.90 Å². The smallest absolute Gasteiger partial charge is 0.328 e. The molecular weight excluding hydrogens is 380 g/mol. The maximum atomic E-state index is 12.7.